The Kier molecular flexibility index (Phi) is 4.51. The lowest BCUT2D eigenvalue weighted by Gasteiger charge is -2.25. The third-order valence-electron chi connectivity index (χ3n) is 4.62. The minimum absolute atomic E-state index is 0.00226. The minimum atomic E-state index is -4.66. The summed E-state index contributed by atoms with van der Waals surface area (Å²) in [4.78, 5) is 26.9. The quantitative estimate of drug-likeness (QED) is 0.434. The molecule has 124 valence electrons. The molecule has 0 spiro atoms. The smallest absolute Gasteiger partial charge is 0.340 e. The highest BCUT2D eigenvalue weighted by atomic mass is 31.2. The monoisotopic (exact) mass is 344 g/mol. The van der Waals surface area contributed by atoms with Crippen LogP contribution in [0.5, 0.6) is 0 Å². The van der Waals surface area contributed by atoms with Gasteiger partial charge in [0.15, 0.2) is 5.90 Å². The molecule has 0 aromatic heterocycles. The van der Waals surface area contributed by atoms with Crippen molar-refractivity contribution in [3.63, 3.8) is 0 Å². The van der Waals surface area contributed by atoms with Gasteiger partial charge >= 0.3 is 15.2 Å². The maximum Gasteiger partial charge on any atom is 0.340 e. The molecule has 2 aliphatic carbocycles. The first-order chi connectivity index (χ1) is 9.40. The summed E-state index contributed by atoms with van der Waals surface area (Å²) in [6, 6.07) is 0. The maximum atomic E-state index is 11.6. The number of aliphatic hydroxyl groups excluding tert-OH is 2. The molecule has 0 bridgehead atoms. The Labute approximate surface area is 122 Å². The molecule has 2 aliphatic rings. The zero-order valence-electron chi connectivity index (χ0n) is 11.9. The zero-order chi connectivity index (χ0) is 16.2. The predicted molar refractivity (Wildman–Crippen MR) is 73.6 cm³/mol. The topological polar surface area (TPSA) is 145 Å². The fourth-order valence-electron chi connectivity index (χ4n) is 3.60. The lowest BCUT2D eigenvalue weighted by Crippen LogP contribution is -2.36. The average molecular weight is 344 g/mol. The van der Waals surface area contributed by atoms with E-state index in [0.717, 1.165) is 0 Å². The Morgan fingerprint density at radius 3 is 2.24 bits per heavy atom. The van der Waals surface area contributed by atoms with E-state index in [2.05, 4.69) is 0 Å². The number of hydrogen-bond acceptors (Lipinski definition) is 5. The van der Waals surface area contributed by atoms with Crippen LogP contribution in [-0.2, 0) is 13.7 Å². The van der Waals surface area contributed by atoms with E-state index in [0.29, 0.717) is 6.42 Å². The minimum Gasteiger partial charge on any atom is -0.390 e. The van der Waals surface area contributed by atoms with E-state index >= 15 is 0 Å². The third-order valence-corrected chi connectivity index (χ3v) is 8.05. The van der Waals surface area contributed by atoms with Crippen molar-refractivity contribution in [1.82, 2.24) is 0 Å². The van der Waals surface area contributed by atoms with E-state index in [1.165, 1.54) is 0 Å². The summed E-state index contributed by atoms with van der Waals surface area (Å²) in [7, 11) is -9.09. The van der Waals surface area contributed by atoms with Gasteiger partial charge < -0.3 is 29.4 Å². The van der Waals surface area contributed by atoms with Crippen molar-refractivity contribution < 1.29 is 38.5 Å². The summed E-state index contributed by atoms with van der Waals surface area (Å²) >= 11 is 0. The average Bonchev–Trinajstić information content (AvgIpc) is 2.93. The summed E-state index contributed by atoms with van der Waals surface area (Å²) in [6.45, 7) is 3.58. The van der Waals surface area contributed by atoms with Crippen LogP contribution in [0.4, 0.5) is 0 Å². The number of hydrogen-bond donors (Lipinski definition) is 5. The molecule has 0 radical (unpaired) electrons. The number of aliphatic hydroxyl groups is 2. The van der Waals surface area contributed by atoms with Crippen LogP contribution in [0.1, 0.15) is 20.3 Å². The van der Waals surface area contributed by atoms with Crippen LogP contribution >= 0.6 is 15.2 Å². The molecule has 0 heterocycles. The molecule has 6 atom stereocenters. The molecule has 0 aromatic rings. The van der Waals surface area contributed by atoms with Gasteiger partial charge in [0, 0.05) is 5.41 Å². The van der Waals surface area contributed by atoms with E-state index in [1.54, 1.807) is 0 Å². The Balaban J connectivity index is 2.02. The molecular weight excluding hydrogens is 322 g/mol. The zero-order valence-corrected chi connectivity index (χ0v) is 13.7. The summed E-state index contributed by atoms with van der Waals surface area (Å²) in [5, 5.41) is 20.2. The molecule has 8 nitrogen and oxygen atoms in total. The van der Waals surface area contributed by atoms with Crippen molar-refractivity contribution in [3.05, 3.63) is 0 Å². The fourth-order valence-corrected chi connectivity index (χ4v) is 6.23. The van der Waals surface area contributed by atoms with Crippen LogP contribution in [0, 0.1) is 23.2 Å². The number of rotatable bonds is 6. The lowest BCUT2D eigenvalue weighted by molar-refractivity contribution is -0.0373. The highest BCUT2D eigenvalue weighted by molar-refractivity contribution is 7.70. The van der Waals surface area contributed by atoms with E-state index in [4.69, 9.17) is 14.3 Å². The van der Waals surface area contributed by atoms with E-state index in [-0.39, 0.29) is 24.4 Å². The van der Waals surface area contributed by atoms with Crippen LogP contribution < -0.4 is 0 Å². The largest absolute Gasteiger partial charge is 0.390 e. The molecular formula is C11H22O8P2. The van der Waals surface area contributed by atoms with Crippen molar-refractivity contribution in [1.29, 1.82) is 0 Å². The van der Waals surface area contributed by atoms with Gasteiger partial charge in [-0.2, -0.15) is 0 Å². The molecule has 0 amide bonds. The van der Waals surface area contributed by atoms with Gasteiger partial charge in [0.1, 0.15) is 0 Å². The van der Waals surface area contributed by atoms with Crippen LogP contribution in [-0.4, -0.2) is 49.6 Å². The second-order valence-electron chi connectivity index (χ2n) is 6.52. The van der Waals surface area contributed by atoms with Crippen molar-refractivity contribution in [2.45, 2.75) is 32.5 Å². The Morgan fingerprint density at radius 2 is 1.81 bits per heavy atom. The van der Waals surface area contributed by atoms with Gasteiger partial charge in [0.05, 0.1) is 18.8 Å². The molecule has 2 fully saturated rings. The van der Waals surface area contributed by atoms with Crippen molar-refractivity contribution in [2.75, 3.05) is 12.5 Å². The summed E-state index contributed by atoms with van der Waals surface area (Å²) < 4.78 is 27.3. The Morgan fingerprint density at radius 1 is 1.24 bits per heavy atom. The second kappa shape index (κ2) is 5.39. The van der Waals surface area contributed by atoms with Crippen LogP contribution in [0.25, 0.3) is 0 Å². The number of fused-ring (bicyclic) bond motifs is 1. The standard InChI is InChI=1S/C11H22O8P2/c1-6(2)8-7-3-11(7,10(13)9(8)12)4-19-21(17,18)5-20(14,15)16/h6-10,12-13H,3-5H2,1-2H3,(H,17,18)(H2,14,15,16)/t7-,8-,9?,10-,11+/m1/s1. The molecule has 10 heteroatoms. The molecule has 2 saturated carbocycles. The summed E-state index contributed by atoms with van der Waals surface area (Å²) in [5.74, 6) is -1.20. The van der Waals surface area contributed by atoms with Gasteiger partial charge in [0.25, 0.3) is 0 Å². The molecule has 21 heavy (non-hydrogen) atoms. The second-order valence-corrected chi connectivity index (χ2v) is 10.5. The first kappa shape index (κ1) is 17.6. The van der Waals surface area contributed by atoms with Gasteiger partial charge in [0.2, 0.25) is 0 Å². The molecule has 2 unspecified atom stereocenters. The first-order valence-electron chi connectivity index (χ1n) is 6.77. The van der Waals surface area contributed by atoms with Gasteiger partial charge in [-0.05, 0) is 24.2 Å². The third kappa shape index (κ3) is 3.43. The first-order valence-corrected chi connectivity index (χ1v) is 10.3. The van der Waals surface area contributed by atoms with Crippen molar-refractivity contribution in [2.24, 2.45) is 23.2 Å². The normalized spacial score (nSPS) is 41.9. The van der Waals surface area contributed by atoms with Gasteiger partial charge in [-0.3, -0.25) is 9.13 Å². The van der Waals surface area contributed by atoms with E-state index < -0.39 is 38.7 Å². The van der Waals surface area contributed by atoms with Crippen molar-refractivity contribution in [3.8, 4) is 0 Å². The SMILES string of the molecule is CC(C)[C@H]1C(O)[C@@H](O)[C@]2(COP(=O)(O)CP(=O)(O)O)C[C@H]12. The Hall–Kier alpha value is 0.220. The van der Waals surface area contributed by atoms with Crippen LogP contribution in [0.15, 0.2) is 0 Å². The van der Waals surface area contributed by atoms with Crippen LogP contribution in [0.3, 0.4) is 0 Å². The molecule has 0 aliphatic heterocycles. The van der Waals surface area contributed by atoms with Crippen molar-refractivity contribution >= 4 is 15.2 Å². The fraction of sp³-hybridized carbons (Fsp3) is 1.00. The highest BCUT2D eigenvalue weighted by Crippen LogP contribution is 2.69. The summed E-state index contributed by atoms with van der Waals surface area (Å²) in [5.41, 5.74) is -0.776. The van der Waals surface area contributed by atoms with Gasteiger partial charge in [-0.25, -0.2) is 0 Å². The lowest BCUT2D eigenvalue weighted by atomic mass is 9.88. The predicted octanol–water partition coefficient (Wildman–Crippen LogP) is 0.337. The van der Waals surface area contributed by atoms with Crippen LogP contribution in [0.2, 0.25) is 0 Å². The van der Waals surface area contributed by atoms with E-state index in [9.17, 15) is 24.2 Å². The Bertz CT molecular complexity index is 502. The maximum absolute atomic E-state index is 11.6. The molecule has 0 aromatic carbocycles. The molecule has 5 N–H and O–H groups in total. The molecule has 2 rings (SSSR count). The highest BCUT2D eigenvalue weighted by Gasteiger charge is 2.71. The summed E-state index contributed by atoms with van der Waals surface area (Å²) in [6.07, 6.45) is -1.39. The van der Waals surface area contributed by atoms with Gasteiger partial charge in [-0.1, -0.05) is 13.8 Å². The van der Waals surface area contributed by atoms with Gasteiger partial charge in [-0.15, -0.1) is 0 Å². The van der Waals surface area contributed by atoms with E-state index in [1.807, 2.05) is 13.8 Å². The molecule has 0 saturated heterocycles.